The summed E-state index contributed by atoms with van der Waals surface area (Å²) in [5.74, 6) is 0.450. The lowest BCUT2D eigenvalue weighted by atomic mass is 10.1. The van der Waals surface area contributed by atoms with Gasteiger partial charge in [-0.15, -0.1) is 0 Å². The summed E-state index contributed by atoms with van der Waals surface area (Å²) in [5.41, 5.74) is 2.41. The fourth-order valence-corrected chi connectivity index (χ4v) is 1.76. The van der Waals surface area contributed by atoms with Crippen molar-refractivity contribution in [3.05, 3.63) is 17.5 Å². The molecule has 0 aromatic carbocycles. The smallest absolute Gasteiger partial charge is 0.0694 e. The van der Waals surface area contributed by atoms with Gasteiger partial charge in [-0.05, 0) is 19.3 Å². The number of aromatic nitrogens is 2. The van der Waals surface area contributed by atoms with Gasteiger partial charge in [0.25, 0.3) is 0 Å². The van der Waals surface area contributed by atoms with E-state index in [1.807, 2.05) is 11.7 Å². The summed E-state index contributed by atoms with van der Waals surface area (Å²) < 4.78 is 1.86. The van der Waals surface area contributed by atoms with Crippen LogP contribution in [-0.4, -0.2) is 27.5 Å². The van der Waals surface area contributed by atoms with E-state index in [4.69, 9.17) is 5.11 Å². The molecule has 0 aliphatic heterocycles. The topological polar surface area (TPSA) is 50.1 Å². The quantitative estimate of drug-likeness (QED) is 0.769. The number of nitrogens with one attached hydrogen (secondary N) is 1. The molecule has 0 saturated carbocycles. The lowest BCUT2D eigenvalue weighted by Crippen LogP contribution is -2.26. The molecule has 1 aromatic heterocycles. The Kier molecular flexibility index (Phi) is 4.96. The standard InChI is InChI=1S/C12H23N3O/c1-9(2)12-11(8-15(4)14-12)7-13-10(3)5-6-16/h8-10,13,16H,5-7H2,1-4H3. The molecule has 4 heteroatoms. The molecule has 92 valence electrons. The lowest BCUT2D eigenvalue weighted by molar-refractivity contribution is 0.268. The summed E-state index contributed by atoms with van der Waals surface area (Å²) in [6.45, 7) is 7.45. The molecule has 1 heterocycles. The Hall–Kier alpha value is -0.870. The molecule has 0 fully saturated rings. The number of aliphatic hydroxyl groups excluding tert-OH is 1. The van der Waals surface area contributed by atoms with Crippen LogP contribution in [0.4, 0.5) is 0 Å². The monoisotopic (exact) mass is 225 g/mol. The predicted octanol–water partition coefficient (Wildman–Crippen LogP) is 1.40. The van der Waals surface area contributed by atoms with Crippen LogP contribution in [0.1, 0.15) is 44.4 Å². The first-order chi connectivity index (χ1) is 7.54. The molecule has 1 atom stereocenters. The minimum atomic E-state index is 0.234. The Morgan fingerprint density at radius 3 is 2.69 bits per heavy atom. The highest BCUT2D eigenvalue weighted by Gasteiger charge is 2.11. The van der Waals surface area contributed by atoms with Crippen LogP contribution in [-0.2, 0) is 13.6 Å². The van der Waals surface area contributed by atoms with Gasteiger partial charge in [-0.2, -0.15) is 5.10 Å². The minimum Gasteiger partial charge on any atom is -0.396 e. The summed E-state index contributed by atoms with van der Waals surface area (Å²) in [4.78, 5) is 0. The Morgan fingerprint density at radius 2 is 2.12 bits per heavy atom. The van der Waals surface area contributed by atoms with Gasteiger partial charge < -0.3 is 10.4 Å². The third-order valence-electron chi connectivity index (χ3n) is 2.69. The Labute approximate surface area is 97.7 Å². The van der Waals surface area contributed by atoms with Crippen molar-refractivity contribution in [2.45, 2.75) is 45.7 Å². The molecular weight excluding hydrogens is 202 g/mol. The summed E-state index contributed by atoms with van der Waals surface area (Å²) >= 11 is 0. The highest BCUT2D eigenvalue weighted by Crippen LogP contribution is 2.17. The van der Waals surface area contributed by atoms with Gasteiger partial charge in [0.2, 0.25) is 0 Å². The van der Waals surface area contributed by atoms with Gasteiger partial charge in [0, 0.05) is 38.0 Å². The normalized spacial score (nSPS) is 13.4. The maximum atomic E-state index is 8.82. The molecule has 1 rings (SSSR count). The second-order valence-corrected chi connectivity index (χ2v) is 4.66. The number of aryl methyl sites for hydroxylation is 1. The Morgan fingerprint density at radius 1 is 1.44 bits per heavy atom. The van der Waals surface area contributed by atoms with Crippen LogP contribution in [0.15, 0.2) is 6.20 Å². The van der Waals surface area contributed by atoms with Gasteiger partial charge in [0.05, 0.1) is 5.69 Å². The molecule has 0 aliphatic rings. The van der Waals surface area contributed by atoms with Crippen molar-refractivity contribution in [3.63, 3.8) is 0 Å². The number of nitrogens with zero attached hydrogens (tertiary/aromatic N) is 2. The highest BCUT2D eigenvalue weighted by molar-refractivity contribution is 5.20. The fraction of sp³-hybridized carbons (Fsp3) is 0.750. The van der Waals surface area contributed by atoms with Crippen LogP contribution in [0, 0.1) is 0 Å². The zero-order valence-corrected chi connectivity index (χ0v) is 10.7. The predicted molar refractivity (Wildman–Crippen MR) is 65.3 cm³/mol. The first-order valence-corrected chi connectivity index (χ1v) is 5.91. The van der Waals surface area contributed by atoms with Crippen molar-refractivity contribution >= 4 is 0 Å². The van der Waals surface area contributed by atoms with Gasteiger partial charge >= 0.3 is 0 Å². The number of hydrogen-bond donors (Lipinski definition) is 2. The molecule has 0 aliphatic carbocycles. The van der Waals surface area contributed by atoms with Crippen molar-refractivity contribution in [1.29, 1.82) is 0 Å². The summed E-state index contributed by atoms with van der Waals surface area (Å²) in [6.07, 6.45) is 2.85. The molecule has 16 heavy (non-hydrogen) atoms. The fourth-order valence-electron chi connectivity index (χ4n) is 1.76. The van der Waals surface area contributed by atoms with E-state index >= 15 is 0 Å². The van der Waals surface area contributed by atoms with Gasteiger partial charge in [0.1, 0.15) is 0 Å². The zero-order chi connectivity index (χ0) is 12.1. The van der Waals surface area contributed by atoms with E-state index in [9.17, 15) is 0 Å². The molecule has 0 bridgehead atoms. The van der Waals surface area contributed by atoms with Gasteiger partial charge in [-0.1, -0.05) is 13.8 Å². The van der Waals surface area contributed by atoms with E-state index in [2.05, 4.69) is 37.4 Å². The molecule has 0 spiro atoms. The number of hydrogen-bond acceptors (Lipinski definition) is 3. The molecular formula is C12H23N3O. The van der Waals surface area contributed by atoms with E-state index < -0.39 is 0 Å². The van der Waals surface area contributed by atoms with E-state index in [0.29, 0.717) is 12.0 Å². The van der Waals surface area contributed by atoms with Crippen LogP contribution in [0.5, 0.6) is 0 Å². The Balaban J connectivity index is 2.59. The van der Waals surface area contributed by atoms with Gasteiger partial charge in [-0.3, -0.25) is 4.68 Å². The van der Waals surface area contributed by atoms with Gasteiger partial charge in [0.15, 0.2) is 0 Å². The van der Waals surface area contributed by atoms with E-state index in [-0.39, 0.29) is 6.61 Å². The SMILES string of the molecule is CC(CCO)NCc1cn(C)nc1C(C)C. The van der Waals surface area contributed by atoms with Crippen molar-refractivity contribution < 1.29 is 5.11 Å². The third-order valence-corrected chi connectivity index (χ3v) is 2.69. The van der Waals surface area contributed by atoms with Gasteiger partial charge in [-0.25, -0.2) is 0 Å². The van der Waals surface area contributed by atoms with Crippen LogP contribution in [0.2, 0.25) is 0 Å². The van der Waals surface area contributed by atoms with Crippen LogP contribution >= 0.6 is 0 Å². The second-order valence-electron chi connectivity index (χ2n) is 4.66. The second kappa shape index (κ2) is 6.01. The maximum Gasteiger partial charge on any atom is 0.0694 e. The van der Waals surface area contributed by atoms with E-state index in [1.165, 1.54) is 5.56 Å². The largest absolute Gasteiger partial charge is 0.396 e. The van der Waals surface area contributed by atoms with Crippen LogP contribution < -0.4 is 5.32 Å². The molecule has 2 N–H and O–H groups in total. The van der Waals surface area contributed by atoms with E-state index in [0.717, 1.165) is 18.7 Å². The molecule has 0 radical (unpaired) electrons. The van der Waals surface area contributed by atoms with E-state index in [1.54, 1.807) is 0 Å². The molecule has 0 saturated heterocycles. The van der Waals surface area contributed by atoms with Crippen molar-refractivity contribution in [2.75, 3.05) is 6.61 Å². The minimum absolute atomic E-state index is 0.234. The summed E-state index contributed by atoms with van der Waals surface area (Å²) in [7, 11) is 1.95. The maximum absolute atomic E-state index is 8.82. The highest BCUT2D eigenvalue weighted by atomic mass is 16.3. The first kappa shape index (κ1) is 13.2. The number of rotatable bonds is 6. The average molecular weight is 225 g/mol. The van der Waals surface area contributed by atoms with Crippen molar-refractivity contribution in [2.24, 2.45) is 7.05 Å². The molecule has 4 nitrogen and oxygen atoms in total. The summed E-state index contributed by atoms with van der Waals surface area (Å²) in [6, 6.07) is 0.338. The first-order valence-electron chi connectivity index (χ1n) is 5.91. The lowest BCUT2D eigenvalue weighted by Gasteiger charge is -2.12. The molecule has 1 unspecified atom stereocenters. The zero-order valence-electron chi connectivity index (χ0n) is 10.7. The van der Waals surface area contributed by atoms with Crippen LogP contribution in [0.3, 0.4) is 0 Å². The van der Waals surface area contributed by atoms with Crippen molar-refractivity contribution in [1.82, 2.24) is 15.1 Å². The van der Waals surface area contributed by atoms with Crippen molar-refractivity contribution in [3.8, 4) is 0 Å². The molecule has 1 aromatic rings. The third kappa shape index (κ3) is 3.61. The number of aliphatic hydroxyl groups is 1. The van der Waals surface area contributed by atoms with Crippen LogP contribution in [0.25, 0.3) is 0 Å². The average Bonchev–Trinajstić information content (AvgIpc) is 2.57. The Bertz CT molecular complexity index is 320. The molecule has 0 amide bonds. The summed E-state index contributed by atoms with van der Waals surface area (Å²) in [5, 5.41) is 16.7.